The zero-order chi connectivity index (χ0) is 18.5. The van der Waals surface area contributed by atoms with Gasteiger partial charge < -0.3 is 0 Å². The van der Waals surface area contributed by atoms with Crippen LogP contribution in [0.2, 0.25) is 0 Å². The highest BCUT2D eigenvalue weighted by molar-refractivity contribution is 5.33. The van der Waals surface area contributed by atoms with Gasteiger partial charge in [0.05, 0.1) is 5.56 Å². The molecule has 0 saturated heterocycles. The SMILES string of the molecule is CCC[C@H]1CC[C@H](C2CCC(C#Cc3cc(F)c(F)nc3F)CC2)CC1. The number of nitrogens with zero attached hydrogens (tertiary/aromatic N) is 1. The van der Waals surface area contributed by atoms with Crippen molar-refractivity contribution >= 4 is 0 Å². The monoisotopic (exact) mass is 363 g/mol. The molecule has 1 nitrogen and oxygen atoms in total. The van der Waals surface area contributed by atoms with Gasteiger partial charge >= 0.3 is 0 Å². The van der Waals surface area contributed by atoms with Crippen molar-refractivity contribution in [1.82, 2.24) is 4.98 Å². The molecular formula is C22H28F3N. The molecule has 0 atom stereocenters. The van der Waals surface area contributed by atoms with Crippen LogP contribution in [-0.2, 0) is 0 Å². The van der Waals surface area contributed by atoms with Crippen LogP contribution in [0.5, 0.6) is 0 Å². The summed E-state index contributed by atoms with van der Waals surface area (Å²) in [7, 11) is 0. The van der Waals surface area contributed by atoms with E-state index in [1.165, 1.54) is 51.4 Å². The first kappa shape index (κ1) is 19.3. The van der Waals surface area contributed by atoms with Gasteiger partial charge in [0.25, 0.3) is 5.95 Å². The van der Waals surface area contributed by atoms with E-state index in [1.54, 1.807) is 0 Å². The second-order valence-corrected chi connectivity index (χ2v) is 8.05. The van der Waals surface area contributed by atoms with Gasteiger partial charge in [0, 0.05) is 5.92 Å². The van der Waals surface area contributed by atoms with E-state index in [9.17, 15) is 13.2 Å². The molecule has 0 aromatic carbocycles. The van der Waals surface area contributed by atoms with Crippen molar-refractivity contribution < 1.29 is 13.2 Å². The standard InChI is InChI=1S/C22H28F3N/c1-2-3-15-4-9-17(10-5-15)18-11-6-16(7-12-18)8-13-19-14-20(23)22(25)26-21(19)24/h14-18H,2-7,9-12H2,1H3/t15-,16?,17-,18?. The van der Waals surface area contributed by atoms with Gasteiger partial charge in [-0.3, -0.25) is 0 Å². The van der Waals surface area contributed by atoms with Gasteiger partial charge in [-0.05, 0) is 62.3 Å². The Morgan fingerprint density at radius 1 is 0.923 bits per heavy atom. The van der Waals surface area contributed by atoms with E-state index >= 15 is 0 Å². The van der Waals surface area contributed by atoms with Gasteiger partial charge in [-0.25, -0.2) is 4.39 Å². The van der Waals surface area contributed by atoms with E-state index in [4.69, 9.17) is 0 Å². The predicted molar refractivity (Wildman–Crippen MR) is 96.8 cm³/mol. The summed E-state index contributed by atoms with van der Waals surface area (Å²) in [6.45, 7) is 2.27. The Bertz CT molecular complexity index is 660. The van der Waals surface area contributed by atoms with Crippen molar-refractivity contribution in [3.63, 3.8) is 0 Å². The van der Waals surface area contributed by atoms with Crippen molar-refractivity contribution in [1.29, 1.82) is 0 Å². The lowest BCUT2D eigenvalue weighted by atomic mass is 9.69. The van der Waals surface area contributed by atoms with Gasteiger partial charge in [-0.15, -0.1) is 0 Å². The highest BCUT2D eigenvalue weighted by atomic mass is 19.2. The third kappa shape index (κ3) is 4.81. The van der Waals surface area contributed by atoms with Crippen LogP contribution in [0.3, 0.4) is 0 Å². The average molecular weight is 363 g/mol. The number of rotatable bonds is 3. The van der Waals surface area contributed by atoms with Crippen molar-refractivity contribution in [2.24, 2.45) is 23.7 Å². The lowest BCUT2D eigenvalue weighted by Crippen LogP contribution is -2.25. The number of pyridine rings is 1. The molecule has 0 spiro atoms. The molecule has 1 heterocycles. The minimum atomic E-state index is -1.41. The van der Waals surface area contributed by atoms with Crippen LogP contribution in [0.15, 0.2) is 6.07 Å². The summed E-state index contributed by atoms with van der Waals surface area (Å²) in [5.41, 5.74) is -0.153. The molecule has 1 aromatic heterocycles. The van der Waals surface area contributed by atoms with Gasteiger partial charge in [0.1, 0.15) is 0 Å². The molecule has 0 unspecified atom stereocenters. The highest BCUT2D eigenvalue weighted by Crippen LogP contribution is 2.42. The van der Waals surface area contributed by atoms with E-state index in [2.05, 4.69) is 23.7 Å². The number of aromatic nitrogens is 1. The van der Waals surface area contributed by atoms with E-state index in [0.717, 1.165) is 36.7 Å². The van der Waals surface area contributed by atoms with Crippen molar-refractivity contribution in [3.8, 4) is 11.8 Å². The van der Waals surface area contributed by atoms with Crippen LogP contribution in [0.4, 0.5) is 13.2 Å². The fourth-order valence-electron chi connectivity index (χ4n) is 4.80. The van der Waals surface area contributed by atoms with Crippen molar-refractivity contribution in [2.45, 2.75) is 71.1 Å². The number of hydrogen-bond donors (Lipinski definition) is 0. The van der Waals surface area contributed by atoms with Crippen LogP contribution in [0.25, 0.3) is 0 Å². The molecule has 2 aliphatic carbocycles. The summed E-state index contributed by atoms with van der Waals surface area (Å²) >= 11 is 0. The summed E-state index contributed by atoms with van der Waals surface area (Å²) in [5.74, 6) is 4.95. The fourth-order valence-corrected chi connectivity index (χ4v) is 4.80. The predicted octanol–water partition coefficient (Wildman–Crippen LogP) is 6.26. The lowest BCUT2D eigenvalue weighted by Gasteiger charge is -2.37. The normalized spacial score (nSPS) is 29.1. The largest absolute Gasteiger partial charge is 0.251 e. The molecule has 1 aromatic rings. The minimum Gasteiger partial charge on any atom is -0.202 e. The lowest BCUT2D eigenvalue weighted by molar-refractivity contribution is 0.154. The van der Waals surface area contributed by atoms with Gasteiger partial charge in [-0.1, -0.05) is 44.4 Å². The Labute approximate surface area is 154 Å². The smallest absolute Gasteiger partial charge is 0.202 e. The molecule has 2 aliphatic rings. The van der Waals surface area contributed by atoms with Crippen LogP contribution >= 0.6 is 0 Å². The molecule has 4 heteroatoms. The number of halogens is 3. The first-order valence-electron chi connectivity index (χ1n) is 10.1. The Kier molecular flexibility index (Phi) is 6.62. The Morgan fingerprint density at radius 2 is 1.54 bits per heavy atom. The Hall–Kier alpha value is -1.50. The summed E-state index contributed by atoms with van der Waals surface area (Å²) in [4.78, 5) is 2.92. The zero-order valence-electron chi connectivity index (χ0n) is 15.5. The van der Waals surface area contributed by atoms with E-state index in [1.807, 2.05) is 0 Å². The third-order valence-electron chi connectivity index (χ3n) is 6.32. The van der Waals surface area contributed by atoms with Crippen LogP contribution in [0, 0.1) is 53.2 Å². The molecule has 0 N–H and O–H groups in total. The molecule has 0 radical (unpaired) electrons. The van der Waals surface area contributed by atoms with Crippen LogP contribution < -0.4 is 0 Å². The van der Waals surface area contributed by atoms with Gasteiger partial charge in [0.15, 0.2) is 5.82 Å². The molecule has 0 bridgehead atoms. The zero-order valence-corrected chi connectivity index (χ0v) is 15.5. The van der Waals surface area contributed by atoms with E-state index < -0.39 is 17.7 Å². The molecule has 0 aliphatic heterocycles. The number of hydrogen-bond acceptors (Lipinski definition) is 1. The summed E-state index contributed by atoms with van der Waals surface area (Å²) < 4.78 is 39.6. The highest BCUT2D eigenvalue weighted by Gasteiger charge is 2.30. The van der Waals surface area contributed by atoms with Crippen molar-refractivity contribution in [3.05, 3.63) is 29.3 Å². The maximum Gasteiger partial charge on any atom is 0.251 e. The fraction of sp³-hybridized carbons (Fsp3) is 0.682. The molecular weight excluding hydrogens is 335 g/mol. The Morgan fingerprint density at radius 3 is 2.15 bits per heavy atom. The van der Waals surface area contributed by atoms with Crippen LogP contribution in [-0.4, -0.2) is 4.98 Å². The summed E-state index contributed by atoms with van der Waals surface area (Å²) in [5, 5.41) is 0. The van der Waals surface area contributed by atoms with E-state index in [-0.39, 0.29) is 11.5 Å². The van der Waals surface area contributed by atoms with Crippen LogP contribution in [0.1, 0.15) is 76.7 Å². The molecule has 142 valence electrons. The van der Waals surface area contributed by atoms with Gasteiger partial charge in [0.2, 0.25) is 5.95 Å². The maximum absolute atomic E-state index is 13.6. The van der Waals surface area contributed by atoms with Gasteiger partial charge in [-0.2, -0.15) is 13.8 Å². The molecule has 2 fully saturated rings. The third-order valence-corrected chi connectivity index (χ3v) is 6.32. The van der Waals surface area contributed by atoms with Crippen molar-refractivity contribution in [2.75, 3.05) is 0 Å². The second kappa shape index (κ2) is 8.93. The summed E-state index contributed by atoms with van der Waals surface area (Å²) in [6, 6.07) is 0.797. The average Bonchev–Trinajstić information content (AvgIpc) is 2.65. The summed E-state index contributed by atoms with van der Waals surface area (Å²) in [6.07, 6.45) is 12.6. The first-order valence-corrected chi connectivity index (χ1v) is 10.1. The van der Waals surface area contributed by atoms with E-state index in [0.29, 0.717) is 0 Å². The minimum absolute atomic E-state index is 0.153. The topological polar surface area (TPSA) is 12.9 Å². The maximum atomic E-state index is 13.6. The quantitative estimate of drug-likeness (QED) is 0.456. The molecule has 3 rings (SSSR count). The molecule has 0 amide bonds. The second-order valence-electron chi connectivity index (χ2n) is 8.05. The molecule has 26 heavy (non-hydrogen) atoms. The Balaban J connectivity index is 1.50. The first-order chi connectivity index (χ1) is 12.6. The molecule has 2 saturated carbocycles.